The van der Waals surface area contributed by atoms with Gasteiger partial charge in [-0.3, -0.25) is 19.2 Å². The number of carbonyl (C=O) groups excluding carboxylic acids is 3. The molecule has 1 N–H and O–H groups in total. The van der Waals surface area contributed by atoms with E-state index < -0.39 is 17.4 Å². The highest BCUT2D eigenvalue weighted by Crippen LogP contribution is 2.36. The summed E-state index contributed by atoms with van der Waals surface area (Å²) < 4.78 is 6.50. The van der Waals surface area contributed by atoms with E-state index in [0.29, 0.717) is 16.6 Å². The Morgan fingerprint density at radius 2 is 1.94 bits per heavy atom. The van der Waals surface area contributed by atoms with Crippen LogP contribution in [-0.2, 0) is 16.1 Å². The van der Waals surface area contributed by atoms with E-state index in [9.17, 15) is 14.4 Å². The first kappa shape index (κ1) is 24.3. The summed E-state index contributed by atoms with van der Waals surface area (Å²) in [6.07, 6.45) is 3.95. The Morgan fingerprint density at radius 1 is 1.24 bits per heavy atom. The highest BCUT2D eigenvalue weighted by atomic mass is 35.5. The summed E-state index contributed by atoms with van der Waals surface area (Å²) in [6, 6.07) is 6.72. The van der Waals surface area contributed by atoms with Crippen molar-refractivity contribution < 1.29 is 19.1 Å². The van der Waals surface area contributed by atoms with E-state index >= 15 is 0 Å². The number of rotatable bonds is 5. The van der Waals surface area contributed by atoms with E-state index in [0.717, 1.165) is 31.2 Å². The van der Waals surface area contributed by atoms with Gasteiger partial charge in [0.15, 0.2) is 5.69 Å². The van der Waals surface area contributed by atoms with Crippen LogP contribution in [-0.4, -0.2) is 45.8 Å². The van der Waals surface area contributed by atoms with Crippen molar-refractivity contribution in [1.82, 2.24) is 15.1 Å². The molecule has 9 heteroatoms. The Hall–Kier alpha value is -2.87. The van der Waals surface area contributed by atoms with Crippen LogP contribution < -0.4 is 10.2 Å². The molecule has 1 fully saturated rings. The van der Waals surface area contributed by atoms with Crippen LogP contribution in [0.15, 0.2) is 24.3 Å². The van der Waals surface area contributed by atoms with Gasteiger partial charge < -0.3 is 10.1 Å². The first-order valence-corrected chi connectivity index (χ1v) is 12.2. The Bertz CT molecular complexity index is 1120. The molecule has 182 valence electrons. The van der Waals surface area contributed by atoms with Crippen molar-refractivity contribution in [2.24, 2.45) is 5.92 Å². The minimum Gasteiger partial charge on any atom is -0.461 e. The number of anilines is 1. The number of halogens is 1. The predicted octanol–water partition coefficient (Wildman–Crippen LogP) is 4.14. The molecule has 0 unspecified atom stereocenters. The lowest BCUT2D eigenvalue weighted by Gasteiger charge is -2.44. The largest absolute Gasteiger partial charge is 0.461 e. The standard InChI is InChI=1S/C25H31ClN4O4/c1-5-34-23(32)19-13-21-22(31)30(20-11-8-17(26)12-16(20)3)25(4,14-29(21)28-19)24(33)27-18-9-6-15(2)7-10-18/h8,11-13,15,18H,5-7,9-10,14H2,1-4H3,(H,27,33)/t15?,18?,25-/m1/s1. The zero-order valence-corrected chi connectivity index (χ0v) is 20.8. The fraction of sp³-hybridized carbons (Fsp3) is 0.520. The van der Waals surface area contributed by atoms with Crippen LogP contribution in [0.4, 0.5) is 5.69 Å². The molecule has 1 atom stereocenters. The van der Waals surface area contributed by atoms with E-state index in [4.69, 9.17) is 16.3 Å². The van der Waals surface area contributed by atoms with Crippen LogP contribution >= 0.6 is 11.6 Å². The monoisotopic (exact) mass is 486 g/mol. The second-order valence-corrected chi connectivity index (χ2v) is 10.0. The van der Waals surface area contributed by atoms with Crippen molar-refractivity contribution in [2.75, 3.05) is 11.5 Å². The average molecular weight is 487 g/mol. The van der Waals surface area contributed by atoms with Gasteiger partial charge >= 0.3 is 5.97 Å². The summed E-state index contributed by atoms with van der Waals surface area (Å²) in [7, 11) is 0. The Morgan fingerprint density at radius 3 is 2.59 bits per heavy atom. The summed E-state index contributed by atoms with van der Waals surface area (Å²) >= 11 is 6.17. The molecule has 1 saturated carbocycles. The first-order valence-electron chi connectivity index (χ1n) is 11.8. The van der Waals surface area contributed by atoms with E-state index in [1.165, 1.54) is 15.6 Å². The van der Waals surface area contributed by atoms with Crippen molar-refractivity contribution in [3.8, 4) is 0 Å². The summed E-state index contributed by atoms with van der Waals surface area (Å²) in [4.78, 5) is 41.4. The number of hydrogen-bond donors (Lipinski definition) is 1. The fourth-order valence-corrected chi connectivity index (χ4v) is 5.11. The number of aryl methyl sites for hydroxylation is 1. The molecule has 2 aromatic rings. The van der Waals surface area contributed by atoms with Gasteiger partial charge in [0, 0.05) is 22.8 Å². The normalized spacial score (nSPS) is 24.5. The van der Waals surface area contributed by atoms with E-state index in [1.807, 2.05) is 6.92 Å². The molecule has 2 aliphatic rings. The number of aromatic nitrogens is 2. The number of carbonyl (C=O) groups is 3. The fourth-order valence-electron chi connectivity index (χ4n) is 4.88. The zero-order chi connectivity index (χ0) is 24.6. The summed E-state index contributed by atoms with van der Waals surface area (Å²) in [6.45, 7) is 7.83. The van der Waals surface area contributed by atoms with Crippen LogP contribution in [0.3, 0.4) is 0 Å². The molecule has 2 amide bonds. The lowest BCUT2D eigenvalue weighted by Crippen LogP contribution is -2.65. The molecule has 0 radical (unpaired) electrons. The molecule has 1 aromatic carbocycles. The molecule has 4 rings (SSSR count). The molecular weight excluding hydrogens is 456 g/mol. The molecular formula is C25H31ClN4O4. The van der Waals surface area contributed by atoms with Crippen LogP contribution in [0.25, 0.3) is 0 Å². The summed E-state index contributed by atoms with van der Waals surface area (Å²) in [5.41, 5.74) is 0.376. The average Bonchev–Trinajstić information content (AvgIpc) is 3.21. The van der Waals surface area contributed by atoms with Crippen LogP contribution in [0.1, 0.15) is 73.0 Å². The third-order valence-electron chi connectivity index (χ3n) is 6.88. The lowest BCUT2D eigenvalue weighted by atomic mass is 9.86. The number of nitrogens with one attached hydrogen (secondary N) is 1. The quantitative estimate of drug-likeness (QED) is 0.641. The molecule has 1 aliphatic heterocycles. The Labute approximate surface area is 204 Å². The SMILES string of the molecule is CCOC(=O)c1cc2n(n1)C[C@](C)(C(=O)NC1CCC(C)CC1)N(c1ccc(Cl)cc1C)C2=O. The minimum atomic E-state index is -1.26. The van der Waals surface area contributed by atoms with Gasteiger partial charge in [0.2, 0.25) is 5.91 Å². The van der Waals surface area contributed by atoms with Gasteiger partial charge in [0.1, 0.15) is 11.2 Å². The number of amides is 2. The second-order valence-electron chi connectivity index (χ2n) is 9.57. The molecule has 8 nitrogen and oxygen atoms in total. The highest BCUT2D eigenvalue weighted by Gasteiger charge is 2.50. The van der Waals surface area contributed by atoms with Crippen molar-refractivity contribution in [3.05, 3.63) is 46.2 Å². The van der Waals surface area contributed by atoms with Gasteiger partial charge in [-0.2, -0.15) is 5.10 Å². The summed E-state index contributed by atoms with van der Waals surface area (Å²) in [5, 5.41) is 8.05. The molecule has 1 aliphatic carbocycles. The maximum Gasteiger partial charge on any atom is 0.358 e. The van der Waals surface area contributed by atoms with Crippen LogP contribution in [0, 0.1) is 12.8 Å². The molecule has 0 saturated heterocycles. The Balaban J connectivity index is 1.74. The third kappa shape index (κ3) is 4.43. The minimum absolute atomic E-state index is 0.0453. The smallest absolute Gasteiger partial charge is 0.358 e. The van der Waals surface area contributed by atoms with Gasteiger partial charge in [-0.25, -0.2) is 4.79 Å². The maximum atomic E-state index is 13.8. The molecule has 0 bridgehead atoms. The van der Waals surface area contributed by atoms with E-state index in [-0.39, 0.29) is 36.5 Å². The first-order chi connectivity index (χ1) is 16.1. The van der Waals surface area contributed by atoms with Crippen molar-refractivity contribution >= 4 is 35.1 Å². The van der Waals surface area contributed by atoms with Crippen molar-refractivity contribution in [3.63, 3.8) is 0 Å². The number of esters is 1. The molecule has 1 aromatic heterocycles. The molecule has 2 heterocycles. The van der Waals surface area contributed by atoms with Crippen molar-refractivity contribution in [1.29, 1.82) is 0 Å². The molecule has 0 spiro atoms. The van der Waals surface area contributed by atoms with Gasteiger partial charge in [-0.1, -0.05) is 18.5 Å². The lowest BCUT2D eigenvalue weighted by molar-refractivity contribution is -0.127. The predicted molar refractivity (Wildman–Crippen MR) is 129 cm³/mol. The topological polar surface area (TPSA) is 93.5 Å². The van der Waals surface area contributed by atoms with Gasteiger partial charge in [-0.05, 0) is 76.1 Å². The molecule has 34 heavy (non-hydrogen) atoms. The van der Waals surface area contributed by atoms with E-state index in [2.05, 4.69) is 17.3 Å². The van der Waals surface area contributed by atoms with Gasteiger partial charge in [0.05, 0.1) is 13.2 Å². The highest BCUT2D eigenvalue weighted by molar-refractivity contribution is 6.30. The number of benzene rings is 1. The number of nitrogens with zero attached hydrogens (tertiary/aromatic N) is 3. The number of hydrogen-bond acceptors (Lipinski definition) is 5. The maximum absolute atomic E-state index is 13.8. The third-order valence-corrected chi connectivity index (χ3v) is 7.11. The van der Waals surface area contributed by atoms with E-state index in [1.54, 1.807) is 32.0 Å². The number of fused-ring (bicyclic) bond motifs is 1. The van der Waals surface area contributed by atoms with Crippen LogP contribution in [0.2, 0.25) is 5.02 Å². The summed E-state index contributed by atoms with van der Waals surface area (Å²) in [5.74, 6) is -0.599. The van der Waals surface area contributed by atoms with Gasteiger partial charge in [-0.15, -0.1) is 0 Å². The Kier molecular flexibility index (Phi) is 6.71. The zero-order valence-electron chi connectivity index (χ0n) is 20.1. The van der Waals surface area contributed by atoms with Crippen molar-refractivity contribution in [2.45, 2.75) is 71.5 Å². The second kappa shape index (κ2) is 9.41. The van der Waals surface area contributed by atoms with Crippen LogP contribution in [0.5, 0.6) is 0 Å². The van der Waals surface area contributed by atoms with Gasteiger partial charge in [0.25, 0.3) is 5.91 Å². The number of ether oxygens (including phenoxy) is 1.